The van der Waals surface area contributed by atoms with Crippen LogP contribution in [0.4, 0.5) is 0 Å². The molecule has 2 heterocycles. The molecule has 2 fully saturated rings. The molecule has 2 heteroatoms. The molecule has 4 unspecified atom stereocenters. The smallest absolute Gasteiger partial charge is 0.0841 e. The summed E-state index contributed by atoms with van der Waals surface area (Å²) in [5.74, 6) is 0. The molecule has 4 atom stereocenters. The van der Waals surface area contributed by atoms with E-state index in [-0.39, 0.29) is 0 Å². The van der Waals surface area contributed by atoms with Crippen molar-refractivity contribution in [2.24, 2.45) is 0 Å². The first-order valence-electron chi connectivity index (χ1n) is 12.1. The molecule has 0 saturated carbocycles. The first-order chi connectivity index (χ1) is 12.8. The van der Waals surface area contributed by atoms with Crippen molar-refractivity contribution in [1.29, 1.82) is 0 Å². The van der Waals surface area contributed by atoms with Crippen LogP contribution in [-0.4, -0.2) is 24.4 Å². The highest BCUT2D eigenvalue weighted by atomic mass is 16.6. The third-order valence-electron chi connectivity index (χ3n) is 5.79. The van der Waals surface area contributed by atoms with Crippen LogP contribution in [0.2, 0.25) is 0 Å². The van der Waals surface area contributed by atoms with Gasteiger partial charge in [-0.25, -0.2) is 0 Å². The van der Waals surface area contributed by atoms with E-state index in [1.165, 1.54) is 103 Å². The Balaban J connectivity index is 0.000000260. The van der Waals surface area contributed by atoms with E-state index in [1.807, 2.05) is 0 Å². The van der Waals surface area contributed by atoms with E-state index in [2.05, 4.69) is 27.7 Å². The van der Waals surface area contributed by atoms with Crippen LogP contribution < -0.4 is 0 Å². The van der Waals surface area contributed by atoms with Gasteiger partial charge < -0.3 is 9.47 Å². The maximum absolute atomic E-state index is 5.56. The van der Waals surface area contributed by atoms with E-state index in [0.29, 0.717) is 24.4 Å². The van der Waals surface area contributed by atoms with E-state index < -0.39 is 0 Å². The first kappa shape index (κ1) is 24.0. The molecule has 26 heavy (non-hydrogen) atoms. The fourth-order valence-corrected chi connectivity index (χ4v) is 3.84. The number of hydrogen-bond acceptors (Lipinski definition) is 2. The normalized spacial score (nSPS) is 26.3. The van der Waals surface area contributed by atoms with Gasteiger partial charge >= 0.3 is 0 Å². The van der Waals surface area contributed by atoms with Crippen LogP contribution in [0.5, 0.6) is 0 Å². The van der Waals surface area contributed by atoms with Crippen LogP contribution in [0.3, 0.4) is 0 Å². The highest BCUT2D eigenvalue weighted by molar-refractivity contribution is 4.84. The summed E-state index contributed by atoms with van der Waals surface area (Å²) in [6.45, 7) is 8.98. The lowest BCUT2D eigenvalue weighted by molar-refractivity contribution is 0.351. The quantitative estimate of drug-likeness (QED) is 0.205. The van der Waals surface area contributed by atoms with Gasteiger partial charge in [0, 0.05) is 0 Å². The Hall–Kier alpha value is -0.0800. The summed E-state index contributed by atoms with van der Waals surface area (Å²) in [7, 11) is 0. The molecule has 0 N–H and O–H groups in total. The molecule has 156 valence electrons. The molecule has 0 amide bonds. The molecule has 0 aliphatic carbocycles. The van der Waals surface area contributed by atoms with Gasteiger partial charge in [-0.2, -0.15) is 0 Å². The molecule has 0 spiro atoms. The second kappa shape index (κ2) is 15.9. The van der Waals surface area contributed by atoms with Gasteiger partial charge in [0.2, 0.25) is 0 Å². The summed E-state index contributed by atoms with van der Waals surface area (Å²) >= 11 is 0. The number of hydrogen-bond donors (Lipinski definition) is 0. The molecule has 2 nitrogen and oxygen atoms in total. The van der Waals surface area contributed by atoms with E-state index in [1.54, 1.807) is 0 Å². The lowest BCUT2D eigenvalue weighted by atomic mass is 10.1. The van der Waals surface area contributed by atoms with Crippen LogP contribution in [-0.2, 0) is 9.47 Å². The molecule has 0 aromatic rings. The zero-order valence-corrected chi connectivity index (χ0v) is 18.4. The number of epoxide rings is 2. The Morgan fingerprint density at radius 2 is 0.846 bits per heavy atom. The number of rotatable bonds is 16. The SMILES string of the molecule is CCCCCCCC1OC1CCC.CCCCCCCCC1OC1CC. The Kier molecular flexibility index (Phi) is 14.7. The lowest BCUT2D eigenvalue weighted by Gasteiger charge is -1.98. The second-order valence-corrected chi connectivity index (χ2v) is 8.38. The molecule has 2 saturated heterocycles. The third-order valence-corrected chi connectivity index (χ3v) is 5.79. The molecule has 2 aliphatic heterocycles. The zero-order chi connectivity index (χ0) is 19.0. The van der Waals surface area contributed by atoms with Crippen LogP contribution >= 0.6 is 0 Å². The van der Waals surface area contributed by atoms with Crippen molar-refractivity contribution in [2.75, 3.05) is 0 Å². The van der Waals surface area contributed by atoms with Crippen molar-refractivity contribution in [3.05, 3.63) is 0 Å². The zero-order valence-electron chi connectivity index (χ0n) is 18.4. The van der Waals surface area contributed by atoms with Crippen molar-refractivity contribution < 1.29 is 9.47 Å². The number of unbranched alkanes of at least 4 members (excludes halogenated alkanes) is 9. The second-order valence-electron chi connectivity index (χ2n) is 8.38. The van der Waals surface area contributed by atoms with Crippen molar-refractivity contribution in [3.63, 3.8) is 0 Å². The Labute approximate surface area is 164 Å². The van der Waals surface area contributed by atoms with Crippen LogP contribution in [0, 0.1) is 0 Å². The Morgan fingerprint density at radius 1 is 0.423 bits per heavy atom. The third kappa shape index (κ3) is 12.3. The fraction of sp³-hybridized carbons (Fsp3) is 1.00. The molecule has 0 radical (unpaired) electrons. The Bertz CT molecular complexity index is 305. The van der Waals surface area contributed by atoms with Crippen LogP contribution in [0.15, 0.2) is 0 Å². The molecular formula is C24H48O2. The standard InChI is InChI=1S/2C12H24O/c1-3-5-6-7-8-9-10-12-11(4-2)13-12;1-3-5-6-7-8-10-12-11(13-12)9-4-2/h2*11-12H,3-10H2,1-2H3. The maximum Gasteiger partial charge on any atom is 0.0841 e. The molecule has 2 aliphatic rings. The minimum absolute atomic E-state index is 0.621. The summed E-state index contributed by atoms with van der Waals surface area (Å²) in [5, 5.41) is 0. The summed E-state index contributed by atoms with van der Waals surface area (Å²) in [5.41, 5.74) is 0. The Morgan fingerprint density at radius 3 is 1.31 bits per heavy atom. The van der Waals surface area contributed by atoms with E-state index in [0.717, 1.165) is 0 Å². The van der Waals surface area contributed by atoms with Gasteiger partial charge in [0.1, 0.15) is 0 Å². The highest BCUT2D eigenvalue weighted by Crippen LogP contribution is 2.31. The maximum atomic E-state index is 5.56. The van der Waals surface area contributed by atoms with Gasteiger partial charge in [0.05, 0.1) is 24.4 Å². The lowest BCUT2D eigenvalue weighted by Crippen LogP contribution is -1.93. The van der Waals surface area contributed by atoms with Crippen LogP contribution in [0.1, 0.15) is 130 Å². The van der Waals surface area contributed by atoms with E-state index in [9.17, 15) is 0 Å². The predicted molar refractivity (Wildman–Crippen MR) is 114 cm³/mol. The van der Waals surface area contributed by atoms with Gasteiger partial charge in [0.15, 0.2) is 0 Å². The molecule has 0 bridgehead atoms. The largest absolute Gasteiger partial charge is 0.370 e. The van der Waals surface area contributed by atoms with Gasteiger partial charge in [0.25, 0.3) is 0 Å². The fourth-order valence-electron chi connectivity index (χ4n) is 3.84. The molecule has 0 aromatic heterocycles. The van der Waals surface area contributed by atoms with Gasteiger partial charge in [-0.3, -0.25) is 0 Å². The predicted octanol–water partition coefficient (Wildman–Crippen LogP) is 7.83. The molecule has 2 rings (SSSR count). The first-order valence-corrected chi connectivity index (χ1v) is 12.1. The van der Waals surface area contributed by atoms with Gasteiger partial charge in [-0.15, -0.1) is 0 Å². The van der Waals surface area contributed by atoms with Gasteiger partial charge in [-0.05, 0) is 25.7 Å². The van der Waals surface area contributed by atoms with Crippen molar-refractivity contribution in [2.45, 2.75) is 155 Å². The highest BCUT2D eigenvalue weighted by Gasteiger charge is 2.36. The van der Waals surface area contributed by atoms with Crippen molar-refractivity contribution in [1.82, 2.24) is 0 Å². The summed E-state index contributed by atoms with van der Waals surface area (Å²) in [6, 6.07) is 0. The minimum Gasteiger partial charge on any atom is -0.370 e. The van der Waals surface area contributed by atoms with Gasteiger partial charge in [-0.1, -0.05) is 105 Å². The summed E-state index contributed by atoms with van der Waals surface area (Å²) in [4.78, 5) is 0. The summed E-state index contributed by atoms with van der Waals surface area (Å²) in [6.07, 6.45) is 24.3. The average molecular weight is 369 g/mol. The summed E-state index contributed by atoms with van der Waals surface area (Å²) < 4.78 is 11.1. The molecular weight excluding hydrogens is 320 g/mol. The topological polar surface area (TPSA) is 25.1 Å². The minimum atomic E-state index is 0.621. The van der Waals surface area contributed by atoms with E-state index in [4.69, 9.17) is 9.47 Å². The average Bonchev–Trinajstić information content (AvgIpc) is 3.56. The molecule has 0 aromatic carbocycles. The van der Waals surface area contributed by atoms with Crippen molar-refractivity contribution >= 4 is 0 Å². The van der Waals surface area contributed by atoms with E-state index >= 15 is 0 Å². The number of ether oxygens (including phenoxy) is 2. The van der Waals surface area contributed by atoms with Crippen molar-refractivity contribution in [3.8, 4) is 0 Å². The monoisotopic (exact) mass is 368 g/mol. The van der Waals surface area contributed by atoms with Crippen LogP contribution in [0.25, 0.3) is 0 Å².